The molecule has 0 bridgehead atoms. The van der Waals surface area contributed by atoms with E-state index in [0.29, 0.717) is 23.1 Å². The Morgan fingerprint density at radius 2 is 1.69 bits per heavy atom. The number of anilines is 1. The fourth-order valence-corrected chi connectivity index (χ4v) is 4.18. The highest BCUT2D eigenvalue weighted by Gasteiger charge is 2.18. The Balaban J connectivity index is 1.55. The number of esters is 1. The predicted molar refractivity (Wildman–Crippen MR) is 138 cm³/mol. The second kappa shape index (κ2) is 13.9. The van der Waals surface area contributed by atoms with Crippen LogP contribution in [0.25, 0.3) is 10.6 Å². The van der Waals surface area contributed by atoms with E-state index in [0.717, 1.165) is 16.9 Å². The molecule has 0 atom stereocenters. The maximum atomic E-state index is 12.8. The van der Waals surface area contributed by atoms with Crippen LogP contribution in [0.1, 0.15) is 31.7 Å². The molecule has 0 fully saturated rings. The Kier molecular flexibility index (Phi) is 10.4. The molecule has 0 spiro atoms. The van der Waals surface area contributed by atoms with E-state index in [1.165, 1.54) is 11.3 Å². The van der Waals surface area contributed by atoms with Crippen LogP contribution >= 0.6 is 11.3 Å². The van der Waals surface area contributed by atoms with E-state index in [1.54, 1.807) is 18.9 Å². The zero-order valence-electron chi connectivity index (χ0n) is 20.4. The highest BCUT2D eigenvalue weighted by atomic mass is 32.1. The Hall–Kier alpha value is -3.79. The lowest BCUT2D eigenvalue weighted by molar-refractivity contribution is -0.145. The van der Waals surface area contributed by atoms with E-state index in [-0.39, 0.29) is 44.2 Å². The van der Waals surface area contributed by atoms with Crippen molar-refractivity contribution in [3.63, 3.8) is 0 Å². The molecule has 2 amide bonds. The van der Waals surface area contributed by atoms with Crippen LogP contribution in [0.5, 0.6) is 5.75 Å². The van der Waals surface area contributed by atoms with E-state index in [9.17, 15) is 14.4 Å². The SMILES string of the molecule is CCOC(=O)CCC(=O)N(CCC(=O)Nc1nnc(-c2ccc(OC)cc2)s1)CCc1ccccc1. The second-order valence-electron chi connectivity index (χ2n) is 7.86. The second-order valence-corrected chi connectivity index (χ2v) is 8.84. The Labute approximate surface area is 214 Å². The summed E-state index contributed by atoms with van der Waals surface area (Å²) in [6.07, 6.45) is 0.795. The summed E-state index contributed by atoms with van der Waals surface area (Å²) in [6, 6.07) is 17.2. The summed E-state index contributed by atoms with van der Waals surface area (Å²) >= 11 is 1.26. The van der Waals surface area contributed by atoms with Gasteiger partial charge >= 0.3 is 5.97 Å². The fourth-order valence-electron chi connectivity index (χ4n) is 3.41. The van der Waals surface area contributed by atoms with Crippen molar-refractivity contribution in [2.75, 3.05) is 32.1 Å². The first-order chi connectivity index (χ1) is 17.5. The van der Waals surface area contributed by atoms with E-state index in [2.05, 4.69) is 15.5 Å². The van der Waals surface area contributed by atoms with Gasteiger partial charge in [0.15, 0.2) is 0 Å². The van der Waals surface area contributed by atoms with Gasteiger partial charge in [-0.2, -0.15) is 0 Å². The number of nitrogens with zero attached hydrogens (tertiary/aromatic N) is 3. The Morgan fingerprint density at radius 1 is 0.944 bits per heavy atom. The lowest BCUT2D eigenvalue weighted by Crippen LogP contribution is -2.35. The minimum atomic E-state index is -0.407. The molecule has 0 aliphatic rings. The number of nitrogens with one attached hydrogen (secondary N) is 1. The quantitative estimate of drug-likeness (QED) is 0.347. The summed E-state index contributed by atoms with van der Waals surface area (Å²) in [5.41, 5.74) is 1.96. The number of aromatic nitrogens is 2. The van der Waals surface area contributed by atoms with Crippen LogP contribution in [0.15, 0.2) is 54.6 Å². The van der Waals surface area contributed by atoms with E-state index >= 15 is 0 Å². The van der Waals surface area contributed by atoms with Crippen molar-refractivity contribution in [2.45, 2.75) is 32.6 Å². The third kappa shape index (κ3) is 8.46. The molecule has 1 aromatic heterocycles. The van der Waals surface area contributed by atoms with E-state index in [1.807, 2.05) is 54.6 Å². The van der Waals surface area contributed by atoms with Gasteiger partial charge in [-0.15, -0.1) is 10.2 Å². The van der Waals surface area contributed by atoms with Crippen molar-refractivity contribution in [3.05, 3.63) is 60.2 Å². The molecule has 1 heterocycles. The average Bonchev–Trinajstić information content (AvgIpc) is 3.36. The monoisotopic (exact) mass is 510 g/mol. The topological polar surface area (TPSA) is 111 Å². The summed E-state index contributed by atoms with van der Waals surface area (Å²) in [7, 11) is 1.60. The number of methoxy groups -OCH3 is 1. The van der Waals surface area contributed by atoms with E-state index < -0.39 is 5.97 Å². The predicted octanol–water partition coefficient (Wildman–Crippen LogP) is 3.96. The molecule has 190 valence electrons. The number of ether oxygens (including phenoxy) is 2. The van der Waals surface area contributed by atoms with Crippen molar-refractivity contribution in [1.82, 2.24) is 15.1 Å². The molecule has 3 aromatic rings. The zero-order valence-corrected chi connectivity index (χ0v) is 21.3. The number of hydrogen-bond acceptors (Lipinski definition) is 8. The van der Waals surface area contributed by atoms with Gasteiger partial charge in [0.05, 0.1) is 20.1 Å². The van der Waals surface area contributed by atoms with Crippen LogP contribution in [0.2, 0.25) is 0 Å². The lowest BCUT2D eigenvalue weighted by Gasteiger charge is -2.22. The highest BCUT2D eigenvalue weighted by molar-refractivity contribution is 7.18. The number of carbonyl (C=O) groups excluding carboxylic acids is 3. The number of hydrogen-bond donors (Lipinski definition) is 1. The van der Waals surface area contributed by atoms with Gasteiger partial charge in [0.25, 0.3) is 0 Å². The highest BCUT2D eigenvalue weighted by Crippen LogP contribution is 2.27. The molecule has 0 saturated heterocycles. The Bertz CT molecular complexity index is 1130. The third-order valence-corrected chi connectivity index (χ3v) is 6.22. The lowest BCUT2D eigenvalue weighted by atomic mass is 10.1. The molecule has 1 N–H and O–H groups in total. The largest absolute Gasteiger partial charge is 0.497 e. The molecule has 0 unspecified atom stereocenters. The van der Waals surface area contributed by atoms with Crippen LogP contribution in [0, 0.1) is 0 Å². The first kappa shape index (κ1) is 26.8. The minimum Gasteiger partial charge on any atom is -0.497 e. The van der Waals surface area contributed by atoms with Crippen molar-refractivity contribution in [3.8, 4) is 16.3 Å². The molecule has 9 nitrogen and oxygen atoms in total. The van der Waals surface area contributed by atoms with Gasteiger partial charge in [-0.25, -0.2) is 0 Å². The van der Waals surface area contributed by atoms with Gasteiger partial charge in [0, 0.05) is 31.5 Å². The number of carbonyl (C=O) groups is 3. The third-order valence-electron chi connectivity index (χ3n) is 5.33. The zero-order chi connectivity index (χ0) is 25.8. The molecular formula is C26H30N4O5S. The van der Waals surface area contributed by atoms with Crippen LogP contribution in [-0.4, -0.2) is 59.7 Å². The summed E-state index contributed by atoms with van der Waals surface area (Å²) in [6.45, 7) is 2.67. The van der Waals surface area contributed by atoms with Crippen molar-refractivity contribution in [2.24, 2.45) is 0 Å². The normalized spacial score (nSPS) is 10.5. The van der Waals surface area contributed by atoms with Crippen LogP contribution in [0.4, 0.5) is 5.13 Å². The van der Waals surface area contributed by atoms with E-state index in [4.69, 9.17) is 9.47 Å². The van der Waals surface area contributed by atoms with Gasteiger partial charge < -0.3 is 19.7 Å². The van der Waals surface area contributed by atoms with Crippen LogP contribution < -0.4 is 10.1 Å². The summed E-state index contributed by atoms with van der Waals surface area (Å²) in [4.78, 5) is 38.7. The molecule has 2 aromatic carbocycles. The number of amides is 2. The average molecular weight is 511 g/mol. The molecule has 0 aliphatic carbocycles. The first-order valence-corrected chi connectivity index (χ1v) is 12.5. The summed E-state index contributed by atoms with van der Waals surface area (Å²) in [5.74, 6) is -0.124. The van der Waals surface area contributed by atoms with Crippen molar-refractivity contribution in [1.29, 1.82) is 0 Å². The molecule has 3 rings (SSSR count). The fraction of sp³-hybridized carbons (Fsp3) is 0.346. The summed E-state index contributed by atoms with van der Waals surface area (Å²) < 4.78 is 10.1. The van der Waals surface area contributed by atoms with Gasteiger partial charge in [0.2, 0.25) is 16.9 Å². The standard InChI is InChI=1S/C26H30N4O5S/c1-3-35-24(33)14-13-23(32)30(17-15-19-7-5-4-6-8-19)18-16-22(31)27-26-29-28-25(36-26)20-9-11-21(34-2)12-10-20/h4-12H,3,13-18H2,1-2H3,(H,27,29,31). The molecule has 0 radical (unpaired) electrons. The molecule has 0 saturated carbocycles. The maximum absolute atomic E-state index is 12.8. The minimum absolute atomic E-state index is 0.0135. The maximum Gasteiger partial charge on any atom is 0.306 e. The first-order valence-electron chi connectivity index (χ1n) is 11.7. The number of rotatable bonds is 13. The smallest absolute Gasteiger partial charge is 0.306 e. The molecule has 36 heavy (non-hydrogen) atoms. The van der Waals surface area contributed by atoms with Gasteiger partial charge in [-0.3, -0.25) is 14.4 Å². The van der Waals surface area contributed by atoms with Crippen molar-refractivity contribution < 1.29 is 23.9 Å². The Morgan fingerprint density at radius 3 is 2.39 bits per heavy atom. The van der Waals surface area contributed by atoms with Crippen LogP contribution in [0.3, 0.4) is 0 Å². The molecule has 0 aliphatic heterocycles. The molecular weight excluding hydrogens is 480 g/mol. The van der Waals surface area contributed by atoms with Crippen molar-refractivity contribution >= 4 is 34.3 Å². The van der Waals surface area contributed by atoms with Gasteiger partial charge in [-0.1, -0.05) is 41.7 Å². The van der Waals surface area contributed by atoms with Gasteiger partial charge in [-0.05, 0) is 43.2 Å². The van der Waals surface area contributed by atoms with Gasteiger partial charge in [0.1, 0.15) is 10.8 Å². The van der Waals surface area contributed by atoms with Crippen LogP contribution in [-0.2, 0) is 25.5 Å². The number of benzene rings is 2. The molecule has 10 heteroatoms. The summed E-state index contributed by atoms with van der Waals surface area (Å²) in [5, 5.41) is 12.0.